The summed E-state index contributed by atoms with van der Waals surface area (Å²) in [7, 11) is -3.12. The number of carbonyl (C=O) groups excluding carboxylic acids is 2. The number of nitrogens with zero attached hydrogens (tertiary/aromatic N) is 2. The minimum atomic E-state index is -3.12. The molecule has 0 aromatic carbocycles. The van der Waals surface area contributed by atoms with Crippen LogP contribution in [0.25, 0.3) is 0 Å². The van der Waals surface area contributed by atoms with Gasteiger partial charge >= 0.3 is 5.97 Å². The molecule has 1 aromatic heterocycles. The number of ether oxygens (including phenoxy) is 1. The first-order valence-electron chi connectivity index (χ1n) is 9.23. The van der Waals surface area contributed by atoms with Gasteiger partial charge in [-0.25, -0.2) is 13.2 Å². The van der Waals surface area contributed by atoms with Gasteiger partial charge in [-0.1, -0.05) is 19.3 Å². The largest absolute Gasteiger partial charge is 0.619 e. The van der Waals surface area contributed by atoms with Gasteiger partial charge in [-0.2, -0.15) is 4.73 Å². The number of hydrogen-bond donors (Lipinski definition) is 0. The Kier molecular flexibility index (Phi) is 5.98. The first-order chi connectivity index (χ1) is 12.9. The molecular formula is C18H24N2O6S. The summed E-state index contributed by atoms with van der Waals surface area (Å²) in [6.07, 6.45) is 7.61. The Morgan fingerprint density at radius 1 is 1.11 bits per heavy atom. The summed E-state index contributed by atoms with van der Waals surface area (Å²) >= 11 is 0. The van der Waals surface area contributed by atoms with Crippen molar-refractivity contribution in [3.63, 3.8) is 0 Å². The molecule has 2 fully saturated rings. The molecule has 1 unspecified atom stereocenters. The molecule has 8 nitrogen and oxygen atoms in total. The first kappa shape index (κ1) is 19.6. The zero-order chi connectivity index (χ0) is 19.4. The van der Waals surface area contributed by atoms with E-state index in [0.29, 0.717) is 11.2 Å². The van der Waals surface area contributed by atoms with Crippen LogP contribution in [0.3, 0.4) is 0 Å². The van der Waals surface area contributed by atoms with Crippen LogP contribution >= 0.6 is 0 Å². The second-order valence-electron chi connectivity index (χ2n) is 7.17. The van der Waals surface area contributed by atoms with Crippen LogP contribution in [-0.4, -0.2) is 55.4 Å². The molecule has 1 saturated carbocycles. The van der Waals surface area contributed by atoms with Crippen molar-refractivity contribution < 1.29 is 27.5 Å². The molecule has 9 heteroatoms. The lowest BCUT2D eigenvalue weighted by molar-refractivity contribution is -0.605. The van der Waals surface area contributed by atoms with Crippen LogP contribution in [0, 0.1) is 5.21 Å². The molecule has 1 aliphatic carbocycles. The number of rotatable bonds is 5. The molecule has 0 bridgehead atoms. The zero-order valence-electron chi connectivity index (χ0n) is 15.1. The van der Waals surface area contributed by atoms with E-state index in [1.165, 1.54) is 24.5 Å². The van der Waals surface area contributed by atoms with Crippen LogP contribution in [0.2, 0.25) is 0 Å². The summed E-state index contributed by atoms with van der Waals surface area (Å²) in [6.45, 7) is -0.432. The van der Waals surface area contributed by atoms with Gasteiger partial charge in [0.15, 0.2) is 28.8 Å². The van der Waals surface area contributed by atoms with Gasteiger partial charge in [-0.15, -0.1) is 0 Å². The van der Waals surface area contributed by atoms with Gasteiger partial charge in [0.25, 0.3) is 5.91 Å². The van der Waals surface area contributed by atoms with Crippen molar-refractivity contribution in [2.45, 2.75) is 50.6 Å². The molecule has 1 atom stereocenters. The Bertz CT molecular complexity index is 787. The highest BCUT2D eigenvalue weighted by atomic mass is 32.2. The average Bonchev–Trinajstić information content (AvgIpc) is 3.00. The molecule has 3 rings (SSSR count). The van der Waals surface area contributed by atoms with E-state index in [4.69, 9.17) is 4.74 Å². The van der Waals surface area contributed by atoms with E-state index in [2.05, 4.69) is 0 Å². The highest BCUT2D eigenvalue weighted by Crippen LogP contribution is 2.28. The molecule has 0 radical (unpaired) electrons. The SMILES string of the molecule is O=C(OCC(=O)N(C1CCCCC1)C1CCS(=O)(=O)C1)c1cc[n+]([O-])cc1. The third-order valence-corrected chi connectivity index (χ3v) is 6.97. The third-order valence-electron chi connectivity index (χ3n) is 5.22. The Morgan fingerprint density at radius 3 is 2.37 bits per heavy atom. The van der Waals surface area contributed by atoms with Gasteiger partial charge in [0.2, 0.25) is 0 Å². The smallest absolute Gasteiger partial charge is 0.339 e. The van der Waals surface area contributed by atoms with E-state index < -0.39 is 22.4 Å². The number of hydrogen-bond acceptors (Lipinski definition) is 6. The molecular weight excluding hydrogens is 372 g/mol. The van der Waals surface area contributed by atoms with E-state index in [0.717, 1.165) is 32.1 Å². The predicted molar refractivity (Wildman–Crippen MR) is 96.5 cm³/mol. The Morgan fingerprint density at radius 2 is 1.78 bits per heavy atom. The van der Waals surface area contributed by atoms with Gasteiger partial charge in [-0.05, 0) is 19.3 Å². The summed E-state index contributed by atoms with van der Waals surface area (Å²) in [5, 5.41) is 11.0. The Balaban J connectivity index is 1.67. The summed E-state index contributed by atoms with van der Waals surface area (Å²) in [6, 6.07) is 2.30. The molecule has 1 saturated heterocycles. The molecule has 0 spiro atoms. The number of amides is 1. The topological polar surface area (TPSA) is 108 Å². The normalized spacial score (nSPS) is 22.3. The van der Waals surface area contributed by atoms with Crippen molar-refractivity contribution in [2.24, 2.45) is 0 Å². The lowest BCUT2D eigenvalue weighted by Gasteiger charge is -2.38. The van der Waals surface area contributed by atoms with Crippen molar-refractivity contribution in [2.75, 3.05) is 18.1 Å². The van der Waals surface area contributed by atoms with Crippen molar-refractivity contribution >= 4 is 21.7 Å². The van der Waals surface area contributed by atoms with Crippen LogP contribution < -0.4 is 4.73 Å². The predicted octanol–water partition coefficient (Wildman–Crippen LogP) is 0.825. The second-order valence-corrected chi connectivity index (χ2v) is 9.40. The number of aromatic nitrogens is 1. The zero-order valence-corrected chi connectivity index (χ0v) is 15.9. The fraction of sp³-hybridized carbons (Fsp3) is 0.611. The van der Waals surface area contributed by atoms with E-state index in [9.17, 15) is 23.2 Å². The molecule has 2 heterocycles. The summed E-state index contributed by atoms with van der Waals surface area (Å²) < 4.78 is 29.4. The molecule has 2 aliphatic rings. The van der Waals surface area contributed by atoms with Crippen LogP contribution in [0.15, 0.2) is 24.5 Å². The van der Waals surface area contributed by atoms with Crippen molar-refractivity contribution in [3.05, 3.63) is 35.3 Å². The number of sulfone groups is 1. The highest BCUT2D eigenvalue weighted by Gasteiger charge is 2.38. The number of esters is 1. The van der Waals surface area contributed by atoms with Crippen LogP contribution in [0.1, 0.15) is 48.9 Å². The molecule has 148 valence electrons. The molecule has 0 N–H and O–H groups in total. The second kappa shape index (κ2) is 8.24. The summed E-state index contributed by atoms with van der Waals surface area (Å²) in [5.41, 5.74) is 0.183. The van der Waals surface area contributed by atoms with E-state index >= 15 is 0 Å². The quantitative estimate of drug-likeness (QED) is 0.414. The maximum absolute atomic E-state index is 12.8. The molecule has 1 aliphatic heterocycles. The monoisotopic (exact) mass is 396 g/mol. The van der Waals surface area contributed by atoms with Gasteiger partial charge < -0.3 is 14.8 Å². The number of carbonyl (C=O) groups is 2. The van der Waals surface area contributed by atoms with Crippen molar-refractivity contribution in [3.8, 4) is 0 Å². The van der Waals surface area contributed by atoms with Gasteiger partial charge in [0.1, 0.15) is 0 Å². The van der Waals surface area contributed by atoms with Crippen LogP contribution in [-0.2, 0) is 19.4 Å². The minimum Gasteiger partial charge on any atom is -0.619 e. The van der Waals surface area contributed by atoms with Crippen molar-refractivity contribution in [1.82, 2.24) is 4.90 Å². The third kappa shape index (κ3) is 4.97. The fourth-order valence-electron chi connectivity index (χ4n) is 3.89. The highest BCUT2D eigenvalue weighted by molar-refractivity contribution is 7.91. The van der Waals surface area contributed by atoms with Gasteiger partial charge in [0.05, 0.1) is 17.1 Å². The maximum atomic E-state index is 12.8. The summed E-state index contributed by atoms with van der Waals surface area (Å²) in [4.78, 5) is 26.6. The van der Waals surface area contributed by atoms with Gasteiger partial charge in [-0.3, -0.25) is 4.79 Å². The fourth-order valence-corrected chi connectivity index (χ4v) is 5.60. The van der Waals surface area contributed by atoms with E-state index in [1.807, 2.05) is 0 Å². The lowest BCUT2D eigenvalue weighted by atomic mass is 9.93. The lowest BCUT2D eigenvalue weighted by Crippen LogP contribution is -2.50. The van der Waals surface area contributed by atoms with Crippen LogP contribution in [0.5, 0.6) is 0 Å². The first-order valence-corrected chi connectivity index (χ1v) is 11.1. The van der Waals surface area contributed by atoms with E-state index in [-0.39, 0.29) is 35.1 Å². The Labute approximate surface area is 158 Å². The van der Waals surface area contributed by atoms with E-state index in [1.54, 1.807) is 4.90 Å². The summed E-state index contributed by atoms with van der Waals surface area (Å²) in [5.74, 6) is -0.975. The molecule has 1 amide bonds. The van der Waals surface area contributed by atoms with Crippen LogP contribution in [0.4, 0.5) is 0 Å². The molecule has 1 aromatic rings. The number of pyridine rings is 1. The standard InChI is InChI=1S/C18H24N2O6S/c21-17(12-26-18(22)14-6-9-19(23)10-7-14)20(15-4-2-1-3-5-15)16-8-11-27(24,25)13-16/h6-7,9-10,15-16H,1-5,8,11-13H2. The maximum Gasteiger partial charge on any atom is 0.339 e. The Hall–Kier alpha value is -2.16. The average molecular weight is 396 g/mol. The van der Waals surface area contributed by atoms with Crippen molar-refractivity contribution in [1.29, 1.82) is 0 Å². The van der Waals surface area contributed by atoms with Gasteiger partial charge in [0, 0.05) is 24.2 Å². The molecule has 27 heavy (non-hydrogen) atoms. The minimum absolute atomic E-state index is 0.000557.